The molecule has 0 saturated heterocycles. The van der Waals surface area contributed by atoms with Crippen molar-refractivity contribution in [3.63, 3.8) is 0 Å². The van der Waals surface area contributed by atoms with Crippen LogP contribution in [0.3, 0.4) is 0 Å². The maximum atomic E-state index is 13.6. The summed E-state index contributed by atoms with van der Waals surface area (Å²) in [6.45, 7) is -0.0263. The fraction of sp³-hybridized carbons (Fsp3) is 0.136. The molecule has 1 aliphatic rings. The molecule has 1 aliphatic heterocycles. The van der Waals surface area contributed by atoms with Crippen molar-refractivity contribution < 1.29 is 22.7 Å². The minimum Gasteiger partial charge on any atom is -0.497 e. The number of carbonyl (C=O) groups is 1. The fourth-order valence-corrected chi connectivity index (χ4v) is 5.56. The van der Waals surface area contributed by atoms with Crippen molar-refractivity contribution in [3.05, 3.63) is 76.3 Å². The third kappa shape index (κ3) is 3.74. The average molecular weight is 493 g/mol. The summed E-state index contributed by atoms with van der Waals surface area (Å²) in [5, 5.41) is 0.733. The SMILES string of the molecule is COc1cc(OC)cc(N2C(=O)N(Cc3c(Cl)cccc3Cl)c3ccccc3S2(=O)=O)c1. The van der Waals surface area contributed by atoms with Crippen LogP contribution in [0.4, 0.5) is 16.2 Å². The van der Waals surface area contributed by atoms with E-state index in [1.807, 2.05) is 0 Å². The van der Waals surface area contributed by atoms with Gasteiger partial charge in [-0.2, -0.15) is 4.31 Å². The summed E-state index contributed by atoms with van der Waals surface area (Å²) < 4.78 is 38.2. The highest BCUT2D eigenvalue weighted by molar-refractivity contribution is 7.94. The molecule has 0 radical (unpaired) electrons. The van der Waals surface area contributed by atoms with Gasteiger partial charge in [0, 0.05) is 33.8 Å². The lowest BCUT2D eigenvalue weighted by Crippen LogP contribution is -2.50. The second kappa shape index (κ2) is 8.54. The van der Waals surface area contributed by atoms with Gasteiger partial charge in [0.05, 0.1) is 32.1 Å². The van der Waals surface area contributed by atoms with Gasteiger partial charge in [-0.1, -0.05) is 41.4 Å². The Hall–Kier alpha value is -2.94. The summed E-state index contributed by atoms with van der Waals surface area (Å²) >= 11 is 12.6. The van der Waals surface area contributed by atoms with E-state index in [1.54, 1.807) is 42.5 Å². The van der Waals surface area contributed by atoms with Crippen LogP contribution in [-0.2, 0) is 16.6 Å². The van der Waals surface area contributed by atoms with E-state index in [0.717, 1.165) is 4.31 Å². The van der Waals surface area contributed by atoms with Crippen LogP contribution < -0.4 is 18.7 Å². The first kappa shape index (κ1) is 22.3. The van der Waals surface area contributed by atoms with Crippen LogP contribution in [0, 0.1) is 0 Å². The van der Waals surface area contributed by atoms with E-state index in [9.17, 15) is 13.2 Å². The second-order valence-corrected chi connectivity index (χ2v) is 9.45. The van der Waals surface area contributed by atoms with Crippen LogP contribution in [-0.4, -0.2) is 28.7 Å². The second-order valence-electron chi connectivity index (χ2n) is 6.88. The predicted molar refractivity (Wildman–Crippen MR) is 124 cm³/mol. The molecule has 0 unspecified atom stereocenters. The summed E-state index contributed by atoms with van der Waals surface area (Å²) in [6.07, 6.45) is 0. The molecule has 0 aliphatic carbocycles. The van der Waals surface area contributed by atoms with E-state index >= 15 is 0 Å². The van der Waals surface area contributed by atoms with Crippen molar-refractivity contribution in [2.24, 2.45) is 0 Å². The Morgan fingerprint density at radius 3 is 2.06 bits per heavy atom. The van der Waals surface area contributed by atoms with Crippen molar-refractivity contribution in [3.8, 4) is 11.5 Å². The minimum atomic E-state index is -4.22. The molecule has 0 fully saturated rings. The molecule has 166 valence electrons. The third-order valence-electron chi connectivity index (χ3n) is 5.03. The Morgan fingerprint density at radius 2 is 1.47 bits per heavy atom. The van der Waals surface area contributed by atoms with Gasteiger partial charge in [-0.05, 0) is 24.3 Å². The number of anilines is 2. The summed E-state index contributed by atoms with van der Waals surface area (Å²) in [5.74, 6) is 0.670. The number of rotatable bonds is 5. The highest BCUT2D eigenvalue weighted by atomic mass is 35.5. The van der Waals surface area contributed by atoms with Gasteiger partial charge in [-0.25, -0.2) is 13.2 Å². The molecule has 3 aromatic rings. The number of para-hydroxylation sites is 1. The Balaban J connectivity index is 1.91. The molecule has 0 bridgehead atoms. The normalized spacial score (nSPS) is 14.8. The molecule has 0 atom stereocenters. The van der Waals surface area contributed by atoms with Crippen molar-refractivity contribution in [1.29, 1.82) is 0 Å². The number of carbonyl (C=O) groups excluding carboxylic acids is 1. The average Bonchev–Trinajstić information content (AvgIpc) is 2.78. The lowest BCUT2D eigenvalue weighted by atomic mass is 10.2. The summed E-state index contributed by atoms with van der Waals surface area (Å²) in [4.78, 5) is 14.9. The highest BCUT2D eigenvalue weighted by Crippen LogP contribution is 2.41. The van der Waals surface area contributed by atoms with E-state index in [2.05, 4.69) is 0 Å². The van der Waals surface area contributed by atoms with Crippen LogP contribution in [0.15, 0.2) is 65.6 Å². The van der Waals surface area contributed by atoms with Crippen molar-refractivity contribution in [2.75, 3.05) is 23.4 Å². The van der Waals surface area contributed by atoms with Crippen molar-refractivity contribution in [1.82, 2.24) is 0 Å². The Bertz CT molecular complexity index is 1270. The van der Waals surface area contributed by atoms with Crippen LogP contribution >= 0.6 is 23.2 Å². The van der Waals surface area contributed by atoms with Crippen molar-refractivity contribution in [2.45, 2.75) is 11.4 Å². The smallest absolute Gasteiger partial charge is 0.343 e. The molecular formula is C22H18Cl2N2O5S. The van der Waals surface area contributed by atoms with Gasteiger partial charge in [0.1, 0.15) is 16.4 Å². The molecule has 0 aromatic heterocycles. The number of hydrogen-bond acceptors (Lipinski definition) is 5. The largest absolute Gasteiger partial charge is 0.497 e. The van der Waals surface area contributed by atoms with E-state index in [4.69, 9.17) is 32.7 Å². The molecule has 7 nitrogen and oxygen atoms in total. The topological polar surface area (TPSA) is 76.2 Å². The molecule has 32 heavy (non-hydrogen) atoms. The minimum absolute atomic E-state index is 0.0236. The number of benzene rings is 3. The van der Waals surface area contributed by atoms with Crippen LogP contribution in [0.25, 0.3) is 0 Å². The number of amides is 2. The van der Waals surface area contributed by atoms with Gasteiger partial charge in [-0.3, -0.25) is 4.90 Å². The van der Waals surface area contributed by atoms with Gasteiger partial charge in [-0.15, -0.1) is 0 Å². The summed E-state index contributed by atoms with van der Waals surface area (Å²) in [5.41, 5.74) is 0.817. The number of ether oxygens (including phenoxy) is 2. The number of halogens is 2. The highest BCUT2D eigenvalue weighted by Gasteiger charge is 2.43. The molecule has 0 spiro atoms. The van der Waals surface area contributed by atoms with E-state index in [1.165, 1.54) is 37.3 Å². The number of methoxy groups -OCH3 is 2. The van der Waals surface area contributed by atoms with E-state index < -0.39 is 16.1 Å². The third-order valence-corrected chi connectivity index (χ3v) is 7.48. The molecule has 10 heteroatoms. The molecule has 1 heterocycles. The van der Waals surface area contributed by atoms with Gasteiger partial charge in [0.2, 0.25) is 0 Å². The zero-order valence-corrected chi connectivity index (χ0v) is 19.4. The fourth-order valence-electron chi connectivity index (χ4n) is 3.47. The Kier molecular flexibility index (Phi) is 5.94. The predicted octanol–water partition coefficient (Wildman–Crippen LogP) is 5.35. The van der Waals surface area contributed by atoms with Gasteiger partial charge in [0.25, 0.3) is 10.0 Å². The number of sulfonamides is 1. The summed E-state index contributed by atoms with van der Waals surface area (Å²) in [6, 6.07) is 15.0. The zero-order chi connectivity index (χ0) is 23.0. The van der Waals surface area contributed by atoms with Crippen LogP contribution in [0.1, 0.15) is 5.56 Å². The van der Waals surface area contributed by atoms with Crippen LogP contribution in [0.5, 0.6) is 11.5 Å². The lowest BCUT2D eigenvalue weighted by Gasteiger charge is -2.36. The van der Waals surface area contributed by atoms with Crippen molar-refractivity contribution >= 4 is 50.6 Å². The molecule has 0 saturated carbocycles. The standard InChI is InChI=1S/C22H18Cl2N2O5S/c1-30-15-10-14(11-16(12-15)31-2)26-22(27)25(13-17-18(23)6-5-7-19(17)24)20-8-3-4-9-21(20)32(26,28)29/h3-12H,13H2,1-2H3. The molecule has 2 amide bonds. The Labute approximate surface area is 195 Å². The first-order chi connectivity index (χ1) is 15.3. The molecule has 4 rings (SSSR count). The van der Waals surface area contributed by atoms with E-state index in [0.29, 0.717) is 27.1 Å². The van der Waals surface area contributed by atoms with Gasteiger partial charge < -0.3 is 9.47 Å². The Morgan fingerprint density at radius 1 is 0.875 bits per heavy atom. The van der Waals surface area contributed by atoms with Crippen LogP contribution in [0.2, 0.25) is 10.0 Å². The number of nitrogens with zero attached hydrogens (tertiary/aromatic N) is 2. The van der Waals surface area contributed by atoms with E-state index in [-0.39, 0.29) is 22.8 Å². The number of hydrogen-bond donors (Lipinski definition) is 0. The molecule has 3 aromatic carbocycles. The first-order valence-electron chi connectivity index (χ1n) is 9.39. The maximum Gasteiger partial charge on any atom is 0.343 e. The first-order valence-corrected chi connectivity index (χ1v) is 11.6. The number of urea groups is 1. The monoisotopic (exact) mass is 492 g/mol. The number of fused-ring (bicyclic) bond motifs is 1. The quantitative estimate of drug-likeness (QED) is 0.479. The molecule has 0 N–H and O–H groups in total. The van der Waals surface area contributed by atoms with Gasteiger partial charge in [0.15, 0.2) is 0 Å². The zero-order valence-electron chi connectivity index (χ0n) is 17.1. The summed E-state index contributed by atoms with van der Waals surface area (Å²) in [7, 11) is -1.34. The molecular weight excluding hydrogens is 475 g/mol. The maximum absolute atomic E-state index is 13.6. The van der Waals surface area contributed by atoms with Gasteiger partial charge >= 0.3 is 6.03 Å². The lowest BCUT2D eigenvalue weighted by molar-refractivity contribution is 0.253.